The first-order valence-electron chi connectivity index (χ1n) is 10.5. The molecule has 0 radical (unpaired) electrons. The minimum atomic E-state index is 0.474. The molecule has 8 heteroatoms. The number of likely N-dealkylation sites (tertiary alicyclic amines) is 1. The van der Waals surface area contributed by atoms with Crippen LogP contribution >= 0.6 is 0 Å². The predicted octanol–water partition coefficient (Wildman–Crippen LogP) is 2.87. The molecule has 5 heterocycles. The highest BCUT2D eigenvalue weighted by molar-refractivity contribution is 5.79. The second-order valence-corrected chi connectivity index (χ2v) is 8.18. The maximum atomic E-state index is 4.67. The molecular weight excluding hydrogens is 364 g/mol. The van der Waals surface area contributed by atoms with E-state index in [1.54, 1.807) is 6.20 Å². The SMILES string of the molecule is c1cn2cc(-c3ccn4nc(NC5CC(N6CCCCC6)C5)ncc34)cnc2n1. The van der Waals surface area contributed by atoms with E-state index >= 15 is 0 Å². The molecule has 6 rings (SSSR count). The van der Waals surface area contributed by atoms with Crippen LogP contribution in [-0.2, 0) is 0 Å². The van der Waals surface area contributed by atoms with Crippen molar-refractivity contribution in [2.75, 3.05) is 18.4 Å². The van der Waals surface area contributed by atoms with Crippen LogP contribution in [-0.4, -0.2) is 59.0 Å². The summed E-state index contributed by atoms with van der Waals surface area (Å²) in [5, 5.41) is 8.19. The molecule has 4 aromatic heterocycles. The fourth-order valence-corrected chi connectivity index (χ4v) is 4.64. The van der Waals surface area contributed by atoms with Crippen molar-refractivity contribution in [1.82, 2.24) is 33.9 Å². The van der Waals surface area contributed by atoms with E-state index in [0.717, 1.165) is 22.7 Å². The molecule has 1 N–H and O–H groups in total. The molecule has 2 aliphatic rings. The van der Waals surface area contributed by atoms with Crippen LogP contribution < -0.4 is 5.32 Å². The molecule has 8 nitrogen and oxygen atoms in total. The number of nitrogens with one attached hydrogen (secondary N) is 1. The van der Waals surface area contributed by atoms with Gasteiger partial charge in [0.15, 0.2) is 0 Å². The van der Waals surface area contributed by atoms with Crippen LogP contribution in [0.25, 0.3) is 22.4 Å². The van der Waals surface area contributed by atoms with Crippen molar-refractivity contribution >= 4 is 17.2 Å². The highest BCUT2D eigenvalue weighted by Gasteiger charge is 2.34. The standard InChI is InChI=1S/C21H24N8/c1-2-6-27(7-3-1)17-10-16(11-17)25-20-23-13-19-18(4-8-29(19)26-20)15-12-24-21-22-5-9-28(21)14-15/h4-5,8-9,12-14,16-17H,1-3,6-7,10-11H2,(H,25,26). The topological polar surface area (TPSA) is 75.7 Å². The van der Waals surface area contributed by atoms with Crippen LogP contribution in [0.1, 0.15) is 32.1 Å². The Bertz CT molecular complexity index is 1150. The highest BCUT2D eigenvalue weighted by atomic mass is 15.3. The fraction of sp³-hybridized carbons (Fsp3) is 0.429. The third-order valence-corrected chi connectivity index (χ3v) is 6.33. The second-order valence-electron chi connectivity index (χ2n) is 8.18. The zero-order valence-electron chi connectivity index (χ0n) is 16.3. The number of piperidine rings is 1. The highest BCUT2D eigenvalue weighted by Crippen LogP contribution is 2.30. The number of imidazole rings is 1. The lowest BCUT2D eigenvalue weighted by atomic mass is 9.84. The van der Waals surface area contributed by atoms with Crippen LogP contribution in [0.5, 0.6) is 0 Å². The first-order chi connectivity index (χ1) is 14.3. The summed E-state index contributed by atoms with van der Waals surface area (Å²) in [5.74, 6) is 1.40. The van der Waals surface area contributed by atoms with Gasteiger partial charge in [-0.3, -0.25) is 4.40 Å². The van der Waals surface area contributed by atoms with Crippen LogP contribution in [0.4, 0.5) is 5.95 Å². The van der Waals surface area contributed by atoms with Gasteiger partial charge in [0, 0.05) is 54.2 Å². The average Bonchev–Trinajstić information content (AvgIpc) is 3.36. The molecule has 0 aromatic carbocycles. The summed E-state index contributed by atoms with van der Waals surface area (Å²) in [6.45, 7) is 2.54. The summed E-state index contributed by atoms with van der Waals surface area (Å²) in [6, 6.07) is 3.27. The average molecular weight is 388 g/mol. The number of fused-ring (bicyclic) bond motifs is 2. The van der Waals surface area contributed by atoms with Gasteiger partial charge >= 0.3 is 0 Å². The summed E-state index contributed by atoms with van der Waals surface area (Å²) in [5.41, 5.74) is 3.05. The number of nitrogens with zero attached hydrogens (tertiary/aromatic N) is 7. The third-order valence-electron chi connectivity index (χ3n) is 6.33. The molecule has 148 valence electrons. The molecule has 1 aliphatic carbocycles. The van der Waals surface area contributed by atoms with Crippen LogP contribution in [0.2, 0.25) is 0 Å². The van der Waals surface area contributed by atoms with Gasteiger partial charge < -0.3 is 10.2 Å². The molecule has 0 atom stereocenters. The van der Waals surface area contributed by atoms with Crippen molar-refractivity contribution in [3.8, 4) is 11.1 Å². The molecular formula is C21H24N8. The molecule has 0 unspecified atom stereocenters. The first-order valence-corrected chi connectivity index (χ1v) is 10.5. The Morgan fingerprint density at radius 3 is 2.76 bits per heavy atom. The number of hydrogen-bond donors (Lipinski definition) is 1. The number of anilines is 1. The third kappa shape index (κ3) is 3.04. The van der Waals surface area contributed by atoms with E-state index in [2.05, 4.69) is 36.3 Å². The number of aromatic nitrogens is 6. The van der Waals surface area contributed by atoms with E-state index in [9.17, 15) is 0 Å². The maximum absolute atomic E-state index is 4.67. The Morgan fingerprint density at radius 2 is 1.86 bits per heavy atom. The number of hydrogen-bond acceptors (Lipinski definition) is 6. The van der Waals surface area contributed by atoms with Crippen molar-refractivity contribution in [1.29, 1.82) is 0 Å². The van der Waals surface area contributed by atoms with Gasteiger partial charge in [0.25, 0.3) is 0 Å². The Hall–Kier alpha value is -3.00. The minimum Gasteiger partial charge on any atom is -0.350 e. The van der Waals surface area contributed by atoms with Crippen molar-refractivity contribution in [2.45, 2.75) is 44.2 Å². The van der Waals surface area contributed by atoms with Gasteiger partial charge in [-0.2, -0.15) is 0 Å². The van der Waals surface area contributed by atoms with Gasteiger partial charge in [-0.15, -0.1) is 5.10 Å². The van der Waals surface area contributed by atoms with Gasteiger partial charge in [0.1, 0.15) is 0 Å². The Morgan fingerprint density at radius 1 is 0.966 bits per heavy atom. The van der Waals surface area contributed by atoms with E-state index < -0.39 is 0 Å². The number of rotatable bonds is 4. The summed E-state index contributed by atoms with van der Waals surface area (Å²) >= 11 is 0. The summed E-state index contributed by atoms with van der Waals surface area (Å²) in [4.78, 5) is 15.9. The van der Waals surface area contributed by atoms with Gasteiger partial charge in [-0.05, 0) is 44.8 Å². The van der Waals surface area contributed by atoms with Crippen LogP contribution in [0, 0.1) is 0 Å². The predicted molar refractivity (Wildman–Crippen MR) is 111 cm³/mol. The zero-order chi connectivity index (χ0) is 19.2. The normalized spacial score (nSPS) is 22.8. The van der Waals surface area contributed by atoms with Gasteiger partial charge in [0.05, 0.1) is 11.7 Å². The lowest BCUT2D eigenvalue weighted by Crippen LogP contribution is -2.51. The minimum absolute atomic E-state index is 0.474. The smallest absolute Gasteiger partial charge is 0.241 e. The lowest BCUT2D eigenvalue weighted by Gasteiger charge is -2.44. The van der Waals surface area contributed by atoms with Crippen LogP contribution in [0.15, 0.2) is 43.2 Å². The van der Waals surface area contributed by atoms with Crippen LogP contribution in [0.3, 0.4) is 0 Å². The van der Waals surface area contributed by atoms with Crippen molar-refractivity contribution in [3.63, 3.8) is 0 Å². The van der Waals surface area contributed by atoms with Gasteiger partial charge in [-0.25, -0.2) is 19.5 Å². The fourth-order valence-electron chi connectivity index (χ4n) is 4.64. The van der Waals surface area contributed by atoms with E-state index in [1.807, 2.05) is 39.9 Å². The van der Waals surface area contributed by atoms with Crippen molar-refractivity contribution < 1.29 is 0 Å². The molecule has 1 aliphatic heterocycles. The molecule has 29 heavy (non-hydrogen) atoms. The van der Waals surface area contributed by atoms with E-state index in [1.165, 1.54) is 45.2 Å². The summed E-state index contributed by atoms with van der Waals surface area (Å²) in [7, 11) is 0. The Labute approximate surface area is 168 Å². The summed E-state index contributed by atoms with van der Waals surface area (Å²) in [6.07, 6.45) is 17.9. The second kappa shape index (κ2) is 6.81. The molecule has 1 saturated heterocycles. The van der Waals surface area contributed by atoms with Crippen molar-refractivity contribution in [3.05, 3.63) is 43.2 Å². The van der Waals surface area contributed by atoms with E-state index in [-0.39, 0.29) is 0 Å². The Balaban J connectivity index is 1.18. The van der Waals surface area contributed by atoms with Gasteiger partial charge in [-0.1, -0.05) is 6.42 Å². The largest absolute Gasteiger partial charge is 0.350 e. The summed E-state index contributed by atoms with van der Waals surface area (Å²) < 4.78 is 3.81. The molecule has 2 fully saturated rings. The Kier molecular flexibility index (Phi) is 3.97. The molecule has 4 aromatic rings. The quantitative estimate of drug-likeness (QED) is 0.579. The molecule has 0 bridgehead atoms. The maximum Gasteiger partial charge on any atom is 0.241 e. The van der Waals surface area contributed by atoms with Gasteiger partial charge in [0.2, 0.25) is 11.7 Å². The monoisotopic (exact) mass is 388 g/mol. The molecule has 0 spiro atoms. The molecule has 1 saturated carbocycles. The first kappa shape index (κ1) is 16.9. The molecule has 0 amide bonds. The van der Waals surface area contributed by atoms with Crippen molar-refractivity contribution in [2.24, 2.45) is 0 Å². The zero-order valence-corrected chi connectivity index (χ0v) is 16.3. The van der Waals surface area contributed by atoms with E-state index in [4.69, 9.17) is 0 Å². The van der Waals surface area contributed by atoms with E-state index in [0.29, 0.717) is 17.8 Å². The lowest BCUT2D eigenvalue weighted by molar-refractivity contribution is 0.0957.